The molecule has 4 N–H and O–H groups in total. The van der Waals surface area contributed by atoms with Crippen LogP contribution in [-0.2, 0) is 10.2 Å². The molecule has 2 rings (SSSR count). The Morgan fingerprint density at radius 2 is 2.00 bits per heavy atom. The molecule has 0 unspecified atom stereocenters. The molecule has 18 heavy (non-hydrogen) atoms. The predicted molar refractivity (Wildman–Crippen MR) is 63.8 cm³/mol. The van der Waals surface area contributed by atoms with Crippen LogP contribution in [0.4, 0.5) is 5.69 Å². The molecule has 0 aromatic heterocycles. The van der Waals surface area contributed by atoms with E-state index in [4.69, 9.17) is 5.11 Å². The second-order valence-electron chi connectivity index (χ2n) is 4.03. The number of nitrogens with one attached hydrogen (secondary N) is 2. The van der Waals surface area contributed by atoms with Gasteiger partial charge in [0.2, 0.25) is 0 Å². The van der Waals surface area contributed by atoms with Crippen molar-refractivity contribution in [1.82, 2.24) is 4.72 Å². The minimum absolute atomic E-state index is 0.0760. The van der Waals surface area contributed by atoms with E-state index in [0.29, 0.717) is 0 Å². The van der Waals surface area contributed by atoms with Crippen LogP contribution in [0.3, 0.4) is 0 Å². The average Bonchev–Trinajstić information content (AvgIpc) is 3.03. The Balaban J connectivity index is 2.25. The molecule has 1 fully saturated rings. The normalized spacial score (nSPS) is 15.3. The topological polar surface area (TPSA) is 116 Å². The van der Waals surface area contributed by atoms with E-state index in [-0.39, 0.29) is 23.0 Å². The number of carboxylic acid groups (broad SMARTS) is 1. The fourth-order valence-corrected chi connectivity index (χ4v) is 2.59. The zero-order valence-corrected chi connectivity index (χ0v) is 10.1. The first-order valence-corrected chi connectivity index (χ1v) is 6.72. The van der Waals surface area contributed by atoms with Crippen molar-refractivity contribution < 1.29 is 23.4 Å². The van der Waals surface area contributed by atoms with Crippen molar-refractivity contribution >= 4 is 21.9 Å². The number of carbonyl (C=O) groups is 1. The Morgan fingerprint density at radius 1 is 1.33 bits per heavy atom. The van der Waals surface area contributed by atoms with Gasteiger partial charge in [-0.15, -0.1) is 0 Å². The summed E-state index contributed by atoms with van der Waals surface area (Å²) in [6.45, 7) is 0. The average molecular weight is 272 g/mol. The van der Waals surface area contributed by atoms with Crippen molar-refractivity contribution in [3.05, 3.63) is 23.8 Å². The maximum atomic E-state index is 11.6. The molecule has 98 valence electrons. The molecule has 0 saturated heterocycles. The van der Waals surface area contributed by atoms with E-state index in [2.05, 4.69) is 9.44 Å². The third-order valence-electron chi connectivity index (χ3n) is 2.38. The van der Waals surface area contributed by atoms with Crippen molar-refractivity contribution in [2.45, 2.75) is 18.9 Å². The summed E-state index contributed by atoms with van der Waals surface area (Å²) in [4.78, 5) is 10.9. The summed E-state index contributed by atoms with van der Waals surface area (Å²) in [5, 5.41) is 18.1. The largest absolute Gasteiger partial charge is 0.508 e. The van der Waals surface area contributed by atoms with Gasteiger partial charge in [-0.1, -0.05) is 0 Å². The number of hydrogen-bond acceptors (Lipinski definition) is 4. The Morgan fingerprint density at radius 3 is 2.56 bits per heavy atom. The Kier molecular flexibility index (Phi) is 3.14. The number of hydrogen-bond donors (Lipinski definition) is 4. The fraction of sp³-hybridized carbons (Fsp3) is 0.300. The second-order valence-corrected chi connectivity index (χ2v) is 5.48. The first-order chi connectivity index (χ1) is 8.37. The van der Waals surface area contributed by atoms with Crippen molar-refractivity contribution in [2.75, 3.05) is 4.72 Å². The highest BCUT2D eigenvalue weighted by Crippen LogP contribution is 2.24. The highest BCUT2D eigenvalue weighted by atomic mass is 32.2. The van der Waals surface area contributed by atoms with Crippen LogP contribution in [0.1, 0.15) is 23.2 Å². The van der Waals surface area contributed by atoms with E-state index >= 15 is 0 Å². The van der Waals surface area contributed by atoms with Crippen molar-refractivity contribution in [3.8, 4) is 5.75 Å². The second kappa shape index (κ2) is 4.46. The molecular formula is C10H12N2O5S. The molecule has 0 radical (unpaired) electrons. The maximum Gasteiger partial charge on any atom is 0.337 e. The highest BCUT2D eigenvalue weighted by Gasteiger charge is 2.27. The van der Waals surface area contributed by atoms with Gasteiger partial charge < -0.3 is 10.2 Å². The molecule has 1 aliphatic carbocycles. The van der Waals surface area contributed by atoms with Gasteiger partial charge in [-0.25, -0.2) is 4.79 Å². The van der Waals surface area contributed by atoms with Gasteiger partial charge in [0.15, 0.2) is 0 Å². The molecule has 8 heteroatoms. The number of aromatic carboxylic acids is 1. The number of carboxylic acids is 1. The van der Waals surface area contributed by atoms with E-state index in [1.54, 1.807) is 0 Å². The van der Waals surface area contributed by atoms with Crippen molar-refractivity contribution in [3.63, 3.8) is 0 Å². The lowest BCUT2D eigenvalue weighted by Gasteiger charge is -2.11. The van der Waals surface area contributed by atoms with Gasteiger partial charge in [-0.3, -0.25) is 4.72 Å². The molecule has 1 saturated carbocycles. The Hall–Kier alpha value is -1.80. The van der Waals surface area contributed by atoms with Crippen LogP contribution in [-0.4, -0.2) is 30.6 Å². The van der Waals surface area contributed by atoms with Crippen molar-refractivity contribution in [1.29, 1.82) is 0 Å². The van der Waals surface area contributed by atoms with Gasteiger partial charge in [0.05, 0.1) is 11.3 Å². The van der Waals surface area contributed by atoms with E-state index in [1.165, 1.54) is 12.1 Å². The third-order valence-corrected chi connectivity index (χ3v) is 3.51. The number of aromatic hydroxyl groups is 1. The molecule has 1 aromatic rings. The molecule has 1 aromatic carbocycles. The predicted octanol–water partition coefficient (Wildman–Crippen LogP) is 0.499. The first kappa shape index (κ1) is 12.7. The SMILES string of the molecule is O=C(O)c1cc(O)ccc1NS(=O)(=O)NC1CC1. The van der Waals surface area contributed by atoms with Crippen LogP contribution < -0.4 is 9.44 Å². The lowest BCUT2D eigenvalue weighted by molar-refractivity contribution is 0.0697. The summed E-state index contributed by atoms with van der Waals surface area (Å²) in [5.74, 6) is -1.57. The van der Waals surface area contributed by atoms with Crippen LogP contribution in [0.5, 0.6) is 5.75 Å². The molecule has 0 spiro atoms. The number of phenolic OH excluding ortho intramolecular Hbond substituents is 1. The van der Waals surface area contributed by atoms with Crippen LogP contribution >= 0.6 is 0 Å². The van der Waals surface area contributed by atoms with Gasteiger partial charge in [0.1, 0.15) is 5.75 Å². The Labute approximate surface area is 104 Å². The number of rotatable bonds is 5. The molecular weight excluding hydrogens is 260 g/mol. The molecule has 0 amide bonds. The zero-order valence-electron chi connectivity index (χ0n) is 9.25. The highest BCUT2D eigenvalue weighted by molar-refractivity contribution is 7.90. The summed E-state index contributed by atoms with van der Waals surface area (Å²) < 4.78 is 27.8. The molecule has 0 bridgehead atoms. The first-order valence-electron chi connectivity index (χ1n) is 5.24. The van der Waals surface area contributed by atoms with Crippen LogP contribution in [0, 0.1) is 0 Å². The smallest absolute Gasteiger partial charge is 0.337 e. The van der Waals surface area contributed by atoms with E-state index in [1.807, 2.05) is 0 Å². The fourth-order valence-electron chi connectivity index (χ4n) is 1.39. The lowest BCUT2D eigenvalue weighted by Crippen LogP contribution is -2.32. The summed E-state index contributed by atoms with van der Waals surface area (Å²) in [6.07, 6.45) is 1.56. The van der Waals surface area contributed by atoms with Crippen LogP contribution in [0.25, 0.3) is 0 Å². The van der Waals surface area contributed by atoms with E-state index < -0.39 is 16.2 Å². The van der Waals surface area contributed by atoms with Crippen molar-refractivity contribution in [2.24, 2.45) is 0 Å². The number of anilines is 1. The maximum absolute atomic E-state index is 11.6. The minimum Gasteiger partial charge on any atom is -0.508 e. The summed E-state index contributed by atoms with van der Waals surface area (Å²) >= 11 is 0. The zero-order chi connectivity index (χ0) is 13.3. The molecule has 0 heterocycles. The minimum atomic E-state index is -3.79. The van der Waals surface area contributed by atoms with Gasteiger partial charge in [0.25, 0.3) is 10.2 Å². The van der Waals surface area contributed by atoms with Gasteiger partial charge in [0, 0.05) is 6.04 Å². The lowest BCUT2D eigenvalue weighted by atomic mass is 10.2. The quantitative estimate of drug-likeness (QED) is 0.582. The number of benzene rings is 1. The summed E-state index contributed by atoms with van der Waals surface area (Å²) in [6, 6.07) is 3.32. The summed E-state index contributed by atoms with van der Waals surface area (Å²) in [7, 11) is -3.79. The standard InChI is InChI=1S/C10H12N2O5S/c13-7-3-4-9(8(5-7)10(14)15)12-18(16,17)11-6-1-2-6/h3-6,11-13H,1-2H2,(H,14,15). The van der Waals surface area contributed by atoms with Crippen LogP contribution in [0.2, 0.25) is 0 Å². The van der Waals surface area contributed by atoms with Gasteiger partial charge in [-0.2, -0.15) is 13.1 Å². The molecule has 0 aliphatic heterocycles. The number of phenols is 1. The van der Waals surface area contributed by atoms with E-state index in [0.717, 1.165) is 18.9 Å². The van der Waals surface area contributed by atoms with Gasteiger partial charge >= 0.3 is 5.97 Å². The molecule has 0 atom stereocenters. The Bertz CT molecular complexity index is 580. The molecule has 1 aliphatic rings. The van der Waals surface area contributed by atoms with E-state index in [9.17, 15) is 18.3 Å². The van der Waals surface area contributed by atoms with Crippen LogP contribution in [0.15, 0.2) is 18.2 Å². The monoisotopic (exact) mass is 272 g/mol. The van der Waals surface area contributed by atoms with Gasteiger partial charge in [-0.05, 0) is 31.0 Å². The third kappa shape index (κ3) is 3.11. The molecule has 7 nitrogen and oxygen atoms in total. The summed E-state index contributed by atoms with van der Waals surface area (Å²) in [5.41, 5.74) is -0.398.